The van der Waals surface area contributed by atoms with Crippen LogP contribution in [0.1, 0.15) is 30.9 Å². The third kappa shape index (κ3) is 4.55. The number of anilines is 1. The molecule has 1 atom stereocenters. The molecular weight excluding hydrogens is 296 g/mol. The molecule has 1 fully saturated rings. The van der Waals surface area contributed by atoms with Crippen LogP contribution in [0.5, 0.6) is 0 Å². The lowest BCUT2D eigenvalue weighted by molar-refractivity contribution is -0.155. The topological polar surface area (TPSA) is 75.7 Å². The molecule has 0 aliphatic carbocycles. The first-order valence-electron chi connectivity index (χ1n) is 7.72. The van der Waals surface area contributed by atoms with E-state index in [2.05, 4.69) is 5.32 Å². The molecule has 0 bridgehead atoms. The molecule has 2 rings (SSSR count). The fourth-order valence-corrected chi connectivity index (χ4v) is 2.42. The second-order valence-electron chi connectivity index (χ2n) is 5.86. The predicted octanol–water partition coefficient (Wildman–Crippen LogP) is 1.80. The smallest absolute Gasteiger partial charge is 0.326 e. The van der Waals surface area contributed by atoms with Crippen LogP contribution in [0.25, 0.3) is 0 Å². The third-order valence-corrected chi connectivity index (χ3v) is 3.82. The van der Waals surface area contributed by atoms with E-state index in [4.69, 9.17) is 4.74 Å². The summed E-state index contributed by atoms with van der Waals surface area (Å²) in [5.74, 6) is -1.00. The Morgan fingerprint density at radius 3 is 2.74 bits per heavy atom. The van der Waals surface area contributed by atoms with Crippen molar-refractivity contribution in [2.75, 3.05) is 18.4 Å². The molecule has 0 radical (unpaired) electrons. The van der Waals surface area contributed by atoms with E-state index in [1.54, 1.807) is 0 Å². The minimum absolute atomic E-state index is 0.0468. The summed E-state index contributed by atoms with van der Waals surface area (Å²) in [5.41, 5.74) is 2.67. The molecule has 0 saturated carbocycles. The molecule has 1 heterocycles. The Balaban J connectivity index is 1.88. The van der Waals surface area contributed by atoms with E-state index < -0.39 is 12.1 Å². The fraction of sp³-hybridized carbons (Fsp3) is 0.471. The summed E-state index contributed by atoms with van der Waals surface area (Å²) < 4.78 is 5.12. The van der Waals surface area contributed by atoms with Gasteiger partial charge in [-0.25, -0.2) is 0 Å². The zero-order valence-corrected chi connectivity index (χ0v) is 13.7. The predicted molar refractivity (Wildman–Crippen MR) is 85.9 cm³/mol. The van der Waals surface area contributed by atoms with Gasteiger partial charge in [0.2, 0.25) is 5.91 Å². The Morgan fingerprint density at radius 2 is 2.09 bits per heavy atom. The number of carbonyl (C=O) groups excluding carboxylic acids is 3. The zero-order chi connectivity index (χ0) is 17.0. The maximum absolute atomic E-state index is 12.1. The highest BCUT2D eigenvalue weighted by Gasteiger charge is 2.25. The van der Waals surface area contributed by atoms with Crippen LogP contribution in [-0.4, -0.2) is 41.9 Å². The molecule has 1 aromatic rings. The van der Waals surface area contributed by atoms with Gasteiger partial charge in [0, 0.05) is 18.7 Å². The molecule has 6 heteroatoms. The lowest BCUT2D eigenvalue weighted by Gasteiger charge is -2.18. The molecule has 1 aliphatic heterocycles. The van der Waals surface area contributed by atoms with Gasteiger partial charge in [0.15, 0.2) is 6.10 Å². The van der Waals surface area contributed by atoms with E-state index in [0.29, 0.717) is 18.7 Å². The van der Waals surface area contributed by atoms with E-state index in [1.807, 2.05) is 32.0 Å². The van der Waals surface area contributed by atoms with Gasteiger partial charge in [-0.1, -0.05) is 12.1 Å². The first-order valence-corrected chi connectivity index (χ1v) is 7.72. The Morgan fingerprint density at radius 1 is 1.35 bits per heavy atom. The maximum atomic E-state index is 12.1. The van der Waals surface area contributed by atoms with E-state index >= 15 is 0 Å². The summed E-state index contributed by atoms with van der Waals surface area (Å²) >= 11 is 0. The van der Waals surface area contributed by atoms with Gasteiger partial charge in [-0.3, -0.25) is 14.4 Å². The molecule has 0 aromatic heterocycles. The summed E-state index contributed by atoms with van der Waals surface area (Å²) in [5, 5.41) is 2.76. The first kappa shape index (κ1) is 17.0. The summed E-state index contributed by atoms with van der Waals surface area (Å²) in [7, 11) is 0. The third-order valence-electron chi connectivity index (χ3n) is 3.82. The number of ether oxygens (including phenoxy) is 1. The Bertz CT molecular complexity index is 627. The number of benzene rings is 1. The lowest BCUT2D eigenvalue weighted by atomic mass is 10.1. The normalized spacial score (nSPS) is 15.4. The average molecular weight is 318 g/mol. The molecule has 1 N–H and O–H groups in total. The van der Waals surface area contributed by atoms with E-state index in [1.165, 1.54) is 11.8 Å². The van der Waals surface area contributed by atoms with Crippen LogP contribution >= 0.6 is 0 Å². The molecule has 23 heavy (non-hydrogen) atoms. The zero-order valence-electron chi connectivity index (χ0n) is 13.7. The molecule has 1 aliphatic rings. The number of amides is 2. The number of aryl methyl sites for hydroxylation is 2. The highest BCUT2D eigenvalue weighted by Crippen LogP contribution is 2.17. The second kappa shape index (κ2) is 7.26. The van der Waals surface area contributed by atoms with Crippen molar-refractivity contribution >= 4 is 23.5 Å². The quantitative estimate of drug-likeness (QED) is 0.840. The highest BCUT2D eigenvalue weighted by molar-refractivity contribution is 5.96. The van der Waals surface area contributed by atoms with Gasteiger partial charge in [0.05, 0.1) is 0 Å². The maximum Gasteiger partial charge on any atom is 0.326 e. The minimum Gasteiger partial charge on any atom is -0.451 e. The van der Waals surface area contributed by atoms with Crippen molar-refractivity contribution in [3.05, 3.63) is 29.3 Å². The minimum atomic E-state index is -0.917. The fourth-order valence-electron chi connectivity index (χ4n) is 2.42. The van der Waals surface area contributed by atoms with Gasteiger partial charge in [0.1, 0.15) is 6.54 Å². The second-order valence-corrected chi connectivity index (χ2v) is 5.86. The van der Waals surface area contributed by atoms with Gasteiger partial charge in [-0.2, -0.15) is 0 Å². The van der Waals surface area contributed by atoms with E-state index in [-0.39, 0.29) is 18.4 Å². The van der Waals surface area contributed by atoms with Gasteiger partial charge in [-0.05, 0) is 44.4 Å². The Labute approximate surface area is 135 Å². The molecule has 1 aromatic carbocycles. The first-order chi connectivity index (χ1) is 10.9. The summed E-state index contributed by atoms with van der Waals surface area (Å²) in [6.45, 7) is 5.82. The van der Waals surface area contributed by atoms with Crippen LogP contribution in [0.3, 0.4) is 0 Å². The van der Waals surface area contributed by atoms with Gasteiger partial charge in [-0.15, -0.1) is 0 Å². The van der Waals surface area contributed by atoms with Crippen molar-refractivity contribution in [2.24, 2.45) is 0 Å². The number of hydrogen-bond donors (Lipinski definition) is 1. The molecule has 124 valence electrons. The van der Waals surface area contributed by atoms with Crippen molar-refractivity contribution in [3.8, 4) is 0 Å². The molecule has 1 saturated heterocycles. The number of hydrogen-bond acceptors (Lipinski definition) is 4. The number of likely N-dealkylation sites (tertiary alicyclic amines) is 1. The average Bonchev–Trinajstić information content (AvgIpc) is 2.88. The Kier molecular flexibility index (Phi) is 5.36. The number of nitrogens with zero attached hydrogens (tertiary/aromatic N) is 1. The summed E-state index contributed by atoms with van der Waals surface area (Å²) in [6, 6.07) is 5.74. The Hall–Kier alpha value is -2.37. The van der Waals surface area contributed by atoms with Crippen molar-refractivity contribution in [2.45, 2.75) is 39.7 Å². The highest BCUT2D eigenvalue weighted by atomic mass is 16.5. The number of esters is 1. The van der Waals surface area contributed by atoms with Gasteiger partial charge < -0.3 is 15.0 Å². The van der Waals surface area contributed by atoms with Crippen molar-refractivity contribution in [1.29, 1.82) is 0 Å². The standard InChI is InChI=1S/C17H22N2O4/c1-11-6-7-12(2)14(9-11)18-17(22)13(3)23-16(21)10-19-8-4-5-15(19)20/h6-7,9,13H,4-5,8,10H2,1-3H3,(H,18,22)/t13-/m1/s1. The largest absolute Gasteiger partial charge is 0.451 e. The molecule has 2 amide bonds. The molecular formula is C17H22N2O4. The van der Waals surface area contributed by atoms with Crippen LogP contribution in [-0.2, 0) is 19.1 Å². The number of nitrogens with one attached hydrogen (secondary N) is 1. The summed E-state index contributed by atoms with van der Waals surface area (Å²) in [6.07, 6.45) is 0.310. The van der Waals surface area contributed by atoms with Crippen molar-refractivity contribution in [3.63, 3.8) is 0 Å². The lowest BCUT2D eigenvalue weighted by Crippen LogP contribution is -2.36. The van der Waals surface area contributed by atoms with Crippen molar-refractivity contribution < 1.29 is 19.1 Å². The van der Waals surface area contributed by atoms with E-state index in [9.17, 15) is 14.4 Å². The molecule has 0 unspecified atom stereocenters. The van der Waals surface area contributed by atoms with Crippen LogP contribution in [0.4, 0.5) is 5.69 Å². The van der Waals surface area contributed by atoms with E-state index in [0.717, 1.165) is 17.5 Å². The van der Waals surface area contributed by atoms with Gasteiger partial charge in [0.25, 0.3) is 5.91 Å². The van der Waals surface area contributed by atoms with Crippen LogP contribution in [0.2, 0.25) is 0 Å². The van der Waals surface area contributed by atoms with Crippen LogP contribution < -0.4 is 5.32 Å². The summed E-state index contributed by atoms with van der Waals surface area (Å²) in [4.78, 5) is 36.9. The number of carbonyl (C=O) groups is 3. The monoisotopic (exact) mass is 318 g/mol. The SMILES string of the molecule is Cc1ccc(C)c(NC(=O)[C@@H](C)OC(=O)CN2CCCC2=O)c1. The van der Waals surface area contributed by atoms with Crippen molar-refractivity contribution in [1.82, 2.24) is 4.90 Å². The van der Waals surface area contributed by atoms with Crippen LogP contribution in [0.15, 0.2) is 18.2 Å². The molecule has 6 nitrogen and oxygen atoms in total. The molecule has 0 spiro atoms. The van der Waals surface area contributed by atoms with Crippen LogP contribution in [0, 0.1) is 13.8 Å². The number of rotatable bonds is 5. The van der Waals surface area contributed by atoms with Gasteiger partial charge >= 0.3 is 5.97 Å².